The van der Waals surface area contributed by atoms with Crippen LogP contribution in [0.2, 0.25) is 0 Å². The molecular formula is C16H23NO5S. The molecule has 7 heteroatoms. The minimum atomic E-state index is -3.65. The fourth-order valence-corrected chi connectivity index (χ4v) is 2.55. The van der Waals surface area contributed by atoms with Gasteiger partial charge < -0.3 is 4.74 Å². The molecule has 0 radical (unpaired) electrons. The number of ketones is 1. The van der Waals surface area contributed by atoms with E-state index in [1.165, 1.54) is 12.1 Å². The molecule has 0 amide bonds. The number of carbonyl (C=O) groups is 2. The molecule has 0 bridgehead atoms. The zero-order chi connectivity index (χ0) is 17.7. The maximum Gasteiger partial charge on any atom is 0.307 e. The van der Waals surface area contributed by atoms with Crippen molar-refractivity contribution in [2.75, 3.05) is 13.2 Å². The Kier molecular flexibility index (Phi) is 6.47. The van der Waals surface area contributed by atoms with Gasteiger partial charge in [-0.25, -0.2) is 13.1 Å². The molecule has 0 spiro atoms. The summed E-state index contributed by atoms with van der Waals surface area (Å²) in [5.41, 5.74) is 0.379. The van der Waals surface area contributed by atoms with Gasteiger partial charge in [0.2, 0.25) is 10.0 Å². The minimum absolute atomic E-state index is 0.0846. The van der Waals surface area contributed by atoms with E-state index in [4.69, 9.17) is 4.74 Å². The van der Waals surface area contributed by atoms with Crippen molar-refractivity contribution < 1.29 is 22.7 Å². The van der Waals surface area contributed by atoms with Crippen LogP contribution in [0.15, 0.2) is 29.2 Å². The molecular weight excluding hydrogens is 318 g/mol. The van der Waals surface area contributed by atoms with Gasteiger partial charge in [0.05, 0.1) is 11.3 Å². The molecule has 0 saturated carbocycles. The van der Waals surface area contributed by atoms with Gasteiger partial charge in [-0.1, -0.05) is 38.5 Å². The SMILES string of the molecule is Cc1ccc(S(=O)(=O)NCCC(=O)OCC(=O)C(C)(C)C)cc1. The number of Topliss-reactive ketones (excluding diaryl/α,β-unsaturated/α-hetero) is 1. The molecule has 1 N–H and O–H groups in total. The van der Waals surface area contributed by atoms with E-state index in [0.717, 1.165) is 5.56 Å². The molecule has 6 nitrogen and oxygen atoms in total. The highest BCUT2D eigenvalue weighted by Gasteiger charge is 2.22. The first kappa shape index (κ1) is 19.3. The number of benzene rings is 1. The van der Waals surface area contributed by atoms with Gasteiger partial charge >= 0.3 is 5.97 Å². The lowest BCUT2D eigenvalue weighted by Gasteiger charge is -2.16. The Balaban J connectivity index is 2.42. The van der Waals surface area contributed by atoms with Gasteiger partial charge in [-0.2, -0.15) is 0 Å². The molecule has 23 heavy (non-hydrogen) atoms. The van der Waals surface area contributed by atoms with E-state index in [1.807, 2.05) is 6.92 Å². The number of sulfonamides is 1. The van der Waals surface area contributed by atoms with E-state index in [2.05, 4.69) is 4.72 Å². The molecule has 0 aliphatic rings. The fraction of sp³-hybridized carbons (Fsp3) is 0.500. The first-order chi connectivity index (χ1) is 10.5. The second-order valence-electron chi connectivity index (χ2n) is 6.29. The summed E-state index contributed by atoms with van der Waals surface area (Å²) in [6.45, 7) is 6.68. The molecule has 1 aromatic rings. The Labute approximate surface area is 137 Å². The number of carbonyl (C=O) groups excluding carboxylic acids is 2. The van der Waals surface area contributed by atoms with Crippen LogP contribution in [0.25, 0.3) is 0 Å². The average molecular weight is 341 g/mol. The number of nitrogens with one attached hydrogen (secondary N) is 1. The summed E-state index contributed by atoms with van der Waals surface area (Å²) in [7, 11) is -3.65. The highest BCUT2D eigenvalue weighted by molar-refractivity contribution is 7.89. The van der Waals surface area contributed by atoms with Crippen molar-refractivity contribution in [3.8, 4) is 0 Å². The van der Waals surface area contributed by atoms with Crippen LogP contribution in [0.3, 0.4) is 0 Å². The lowest BCUT2D eigenvalue weighted by atomic mass is 9.91. The van der Waals surface area contributed by atoms with Crippen molar-refractivity contribution >= 4 is 21.8 Å². The Morgan fingerprint density at radius 2 is 1.70 bits per heavy atom. The van der Waals surface area contributed by atoms with E-state index in [1.54, 1.807) is 32.9 Å². The summed E-state index contributed by atoms with van der Waals surface area (Å²) < 4.78 is 31.2. The monoisotopic (exact) mass is 341 g/mol. The zero-order valence-corrected chi connectivity index (χ0v) is 14.7. The lowest BCUT2D eigenvalue weighted by molar-refractivity contribution is -0.149. The Morgan fingerprint density at radius 3 is 2.22 bits per heavy atom. The molecule has 0 atom stereocenters. The summed E-state index contributed by atoms with van der Waals surface area (Å²) in [4.78, 5) is 23.3. The number of aryl methyl sites for hydroxylation is 1. The largest absolute Gasteiger partial charge is 0.458 e. The van der Waals surface area contributed by atoms with Gasteiger partial charge in [0.1, 0.15) is 0 Å². The number of ether oxygens (including phenoxy) is 1. The maximum absolute atomic E-state index is 12.0. The number of esters is 1. The molecule has 0 aromatic heterocycles. The van der Waals surface area contributed by atoms with Crippen LogP contribution >= 0.6 is 0 Å². The maximum atomic E-state index is 12.0. The fourth-order valence-electron chi connectivity index (χ4n) is 1.52. The smallest absolute Gasteiger partial charge is 0.307 e. The van der Waals surface area contributed by atoms with Gasteiger partial charge in [0.15, 0.2) is 12.4 Å². The van der Waals surface area contributed by atoms with Gasteiger partial charge in [0, 0.05) is 12.0 Å². The molecule has 128 valence electrons. The van der Waals surface area contributed by atoms with Crippen LogP contribution in [0.5, 0.6) is 0 Å². The summed E-state index contributed by atoms with van der Waals surface area (Å²) >= 11 is 0. The highest BCUT2D eigenvalue weighted by atomic mass is 32.2. The van der Waals surface area contributed by atoms with Crippen LogP contribution in [-0.4, -0.2) is 33.3 Å². The molecule has 1 rings (SSSR count). The van der Waals surface area contributed by atoms with Crippen molar-refractivity contribution in [2.45, 2.75) is 39.0 Å². The second-order valence-corrected chi connectivity index (χ2v) is 8.06. The van der Waals surface area contributed by atoms with E-state index in [9.17, 15) is 18.0 Å². The molecule has 0 unspecified atom stereocenters. The van der Waals surface area contributed by atoms with E-state index >= 15 is 0 Å². The van der Waals surface area contributed by atoms with Crippen LogP contribution in [0.1, 0.15) is 32.8 Å². The number of hydrogen-bond acceptors (Lipinski definition) is 5. The molecule has 0 aliphatic heterocycles. The van der Waals surface area contributed by atoms with Crippen molar-refractivity contribution in [3.63, 3.8) is 0 Å². The lowest BCUT2D eigenvalue weighted by Crippen LogP contribution is -2.29. The molecule has 0 aliphatic carbocycles. The zero-order valence-electron chi connectivity index (χ0n) is 13.9. The summed E-state index contributed by atoms with van der Waals surface area (Å²) in [6, 6.07) is 6.39. The Hall–Kier alpha value is -1.73. The molecule has 0 heterocycles. The summed E-state index contributed by atoms with van der Waals surface area (Å²) in [5, 5.41) is 0. The quantitative estimate of drug-likeness (QED) is 0.764. The third-order valence-corrected chi connectivity index (χ3v) is 4.63. The van der Waals surface area contributed by atoms with Gasteiger partial charge in [-0.3, -0.25) is 9.59 Å². The molecule has 1 aromatic carbocycles. The van der Waals surface area contributed by atoms with Crippen LogP contribution in [-0.2, 0) is 24.3 Å². The second kappa shape index (κ2) is 7.70. The van der Waals surface area contributed by atoms with Crippen LogP contribution < -0.4 is 4.72 Å². The minimum Gasteiger partial charge on any atom is -0.458 e. The Bertz CT molecular complexity index is 657. The first-order valence-corrected chi connectivity index (χ1v) is 8.76. The van der Waals surface area contributed by atoms with Crippen molar-refractivity contribution in [1.82, 2.24) is 4.72 Å². The van der Waals surface area contributed by atoms with Gasteiger partial charge in [0.25, 0.3) is 0 Å². The Morgan fingerprint density at radius 1 is 1.13 bits per heavy atom. The summed E-state index contributed by atoms with van der Waals surface area (Å²) in [6.07, 6.45) is -0.136. The van der Waals surface area contributed by atoms with E-state index < -0.39 is 21.4 Å². The van der Waals surface area contributed by atoms with Crippen LogP contribution in [0.4, 0.5) is 0 Å². The summed E-state index contributed by atoms with van der Waals surface area (Å²) in [5.74, 6) is -0.805. The number of hydrogen-bond donors (Lipinski definition) is 1. The topological polar surface area (TPSA) is 89.5 Å². The van der Waals surface area contributed by atoms with Gasteiger partial charge in [-0.15, -0.1) is 0 Å². The van der Waals surface area contributed by atoms with Gasteiger partial charge in [-0.05, 0) is 19.1 Å². The third-order valence-electron chi connectivity index (χ3n) is 3.15. The van der Waals surface area contributed by atoms with Crippen molar-refractivity contribution in [2.24, 2.45) is 5.41 Å². The van der Waals surface area contributed by atoms with Crippen molar-refractivity contribution in [1.29, 1.82) is 0 Å². The van der Waals surface area contributed by atoms with E-state index in [0.29, 0.717) is 0 Å². The predicted molar refractivity (Wildman–Crippen MR) is 86.4 cm³/mol. The number of rotatable bonds is 7. The highest BCUT2D eigenvalue weighted by Crippen LogP contribution is 2.14. The van der Waals surface area contributed by atoms with Crippen LogP contribution in [0, 0.1) is 12.3 Å². The normalized spacial score (nSPS) is 12.0. The molecule has 0 saturated heterocycles. The first-order valence-electron chi connectivity index (χ1n) is 7.27. The van der Waals surface area contributed by atoms with E-state index in [-0.39, 0.29) is 30.3 Å². The van der Waals surface area contributed by atoms with Crippen molar-refractivity contribution in [3.05, 3.63) is 29.8 Å². The predicted octanol–water partition coefficient (Wildman–Crippen LogP) is 1.82. The third kappa shape index (κ3) is 6.50. The average Bonchev–Trinajstić information content (AvgIpc) is 2.44. The molecule has 0 fully saturated rings. The standard InChI is InChI=1S/C16H23NO5S/c1-12-5-7-13(8-6-12)23(20,21)17-10-9-15(19)22-11-14(18)16(2,3)4/h5-8,17H,9-11H2,1-4H3.